The zero-order chi connectivity index (χ0) is 10.3. The smallest absolute Gasteiger partial charge is 0.0614 e. The molecule has 1 nitrogen and oxygen atoms in total. The molecular formula is C10H16AcBrClO. The molecule has 0 aliphatic heterocycles. The third-order valence-electron chi connectivity index (χ3n) is 1.63. The van der Waals surface area contributed by atoms with Gasteiger partial charge in [0.1, 0.15) is 0 Å². The Labute approximate surface area is 136 Å². The number of hydrogen-bond acceptors (Lipinski definition) is 1. The van der Waals surface area contributed by atoms with Gasteiger partial charge in [-0.15, -0.1) is 11.6 Å². The third-order valence-corrected chi connectivity index (χ3v) is 2.80. The maximum absolute atomic E-state index is 8.64. The number of rotatable bonds is 5. The van der Waals surface area contributed by atoms with Crippen molar-refractivity contribution in [2.75, 3.05) is 11.9 Å². The van der Waals surface area contributed by atoms with E-state index in [4.69, 9.17) is 16.7 Å². The van der Waals surface area contributed by atoms with Gasteiger partial charge in [0.15, 0.2) is 0 Å². The molecule has 0 fully saturated rings. The Hall–Kier alpha value is 1.65. The fraction of sp³-hybridized carbons (Fsp3) is 0.600. The molecule has 0 aromatic carbocycles. The van der Waals surface area contributed by atoms with Crippen LogP contribution in [0.25, 0.3) is 0 Å². The van der Waals surface area contributed by atoms with Crippen LogP contribution in [0.15, 0.2) is 23.3 Å². The minimum absolute atomic E-state index is 0. The molecule has 0 heterocycles. The second kappa shape index (κ2) is 11.1. The van der Waals surface area contributed by atoms with Gasteiger partial charge in [-0.05, 0) is 20.3 Å². The fourth-order valence-electron chi connectivity index (χ4n) is 0.959. The molecule has 0 aliphatic carbocycles. The topological polar surface area (TPSA) is 20.2 Å². The second-order valence-corrected chi connectivity index (χ2v) is 4.22. The van der Waals surface area contributed by atoms with Crippen LogP contribution < -0.4 is 0 Å². The van der Waals surface area contributed by atoms with E-state index in [0.717, 1.165) is 17.3 Å². The van der Waals surface area contributed by atoms with E-state index in [9.17, 15) is 0 Å². The summed E-state index contributed by atoms with van der Waals surface area (Å²) in [7, 11) is 0. The van der Waals surface area contributed by atoms with Crippen molar-refractivity contribution in [2.45, 2.75) is 25.6 Å². The Kier molecular flexibility index (Phi) is 14.4. The number of alkyl halides is 2. The maximum atomic E-state index is 8.64. The summed E-state index contributed by atoms with van der Waals surface area (Å²) in [6, 6.07) is 0. The van der Waals surface area contributed by atoms with Gasteiger partial charge in [0.25, 0.3) is 0 Å². The van der Waals surface area contributed by atoms with Gasteiger partial charge in [-0.3, -0.25) is 0 Å². The first kappa shape index (κ1) is 18.0. The number of aliphatic hydroxyl groups is 1. The first-order valence-corrected chi connectivity index (χ1v) is 5.79. The molecule has 0 bridgehead atoms. The Morgan fingerprint density at radius 1 is 1.43 bits per heavy atom. The van der Waals surface area contributed by atoms with Crippen molar-refractivity contribution in [3.8, 4) is 0 Å². The Balaban J connectivity index is 0. The summed E-state index contributed by atoms with van der Waals surface area (Å²) < 4.78 is 0. The number of halogens is 2. The average molecular weight is 495 g/mol. The molecule has 0 rings (SSSR count). The van der Waals surface area contributed by atoms with E-state index in [1.807, 2.05) is 19.9 Å². The predicted octanol–water partition coefficient (Wildman–Crippen LogP) is 3.26. The average Bonchev–Trinajstić information content (AvgIpc) is 2.04. The first-order valence-electron chi connectivity index (χ1n) is 4.24. The van der Waals surface area contributed by atoms with Crippen LogP contribution in [-0.2, 0) is 0 Å². The maximum Gasteiger partial charge on any atom is 0.0614 e. The zero-order valence-electron chi connectivity index (χ0n) is 8.63. The molecule has 0 saturated carbocycles. The summed E-state index contributed by atoms with van der Waals surface area (Å²) >= 11 is 9.42. The van der Waals surface area contributed by atoms with Crippen molar-refractivity contribution in [3.63, 3.8) is 0 Å². The van der Waals surface area contributed by atoms with Gasteiger partial charge in [0.2, 0.25) is 0 Å². The van der Waals surface area contributed by atoms with Crippen molar-refractivity contribution in [1.29, 1.82) is 0 Å². The minimum Gasteiger partial charge on any atom is -0.392 e. The van der Waals surface area contributed by atoms with Crippen molar-refractivity contribution in [1.82, 2.24) is 0 Å². The van der Waals surface area contributed by atoms with Crippen LogP contribution in [0.1, 0.15) is 20.3 Å². The fourth-order valence-corrected chi connectivity index (χ4v) is 1.60. The molecule has 0 aliphatic rings. The standard InChI is InChI=1S/C10H16BrClO.Ac/c1-8(3-4-13)5-10(12)6-9(2)7-11;/h3,6,10,13H,4-5,7H2,1-2H3;/b8-3+,9-6+;. The van der Waals surface area contributed by atoms with E-state index in [1.165, 1.54) is 5.57 Å². The van der Waals surface area contributed by atoms with Gasteiger partial charge < -0.3 is 5.11 Å². The molecule has 1 radical (unpaired) electrons. The van der Waals surface area contributed by atoms with Gasteiger partial charge in [0, 0.05) is 49.4 Å². The van der Waals surface area contributed by atoms with Gasteiger partial charge >= 0.3 is 0 Å². The molecule has 0 aromatic rings. The second-order valence-electron chi connectivity index (χ2n) is 3.10. The van der Waals surface area contributed by atoms with E-state index in [1.54, 1.807) is 6.08 Å². The van der Waals surface area contributed by atoms with E-state index >= 15 is 0 Å². The first-order chi connectivity index (χ1) is 6.10. The zero-order valence-corrected chi connectivity index (χ0v) is 15.7. The number of allylic oxidation sites excluding steroid dienone is 3. The molecule has 1 atom stereocenters. The van der Waals surface area contributed by atoms with Crippen molar-refractivity contribution in [2.24, 2.45) is 0 Å². The van der Waals surface area contributed by atoms with Crippen LogP contribution >= 0.6 is 27.5 Å². The van der Waals surface area contributed by atoms with E-state index in [0.29, 0.717) is 0 Å². The van der Waals surface area contributed by atoms with Crippen LogP contribution in [0.5, 0.6) is 0 Å². The van der Waals surface area contributed by atoms with Gasteiger partial charge in [-0.25, -0.2) is 0 Å². The van der Waals surface area contributed by atoms with Crippen LogP contribution in [0, 0.1) is 44.1 Å². The molecule has 0 saturated heterocycles. The molecular weight excluding hydrogens is 478 g/mol. The number of aliphatic hydroxyl groups excluding tert-OH is 1. The van der Waals surface area contributed by atoms with Crippen LogP contribution in [-0.4, -0.2) is 22.4 Å². The molecule has 0 amide bonds. The molecule has 0 spiro atoms. The molecule has 79 valence electrons. The van der Waals surface area contributed by atoms with Gasteiger partial charge in [-0.1, -0.05) is 39.2 Å². The Morgan fingerprint density at radius 3 is 2.43 bits per heavy atom. The van der Waals surface area contributed by atoms with Gasteiger partial charge in [0.05, 0.1) is 12.0 Å². The molecule has 0 aromatic heterocycles. The molecule has 14 heavy (non-hydrogen) atoms. The van der Waals surface area contributed by atoms with E-state index in [-0.39, 0.29) is 56.0 Å². The van der Waals surface area contributed by atoms with Crippen LogP contribution in [0.4, 0.5) is 0 Å². The Morgan fingerprint density at radius 2 is 2.00 bits per heavy atom. The summed E-state index contributed by atoms with van der Waals surface area (Å²) in [6.07, 6.45) is 4.62. The van der Waals surface area contributed by atoms with Crippen molar-refractivity contribution in [3.05, 3.63) is 23.3 Å². The van der Waals surface area contributed by atoms with Crippen molar-refractivity contribution >= 4 is 27.5 Å². The third kappa shape index (κ3) is 10.2. The SMILES string of the molecule is C/C(=C\C(Cl)C/C(C)=C/CO)CBr.[Ac]. The largest absolute Gasteiger partial charge is 0.392 e. The number of hydrogen-bond donors (Lipinski definition) is 1. The van der Waals surface area contributed by atoms with Gasteiger partial charge in [-0.2, -0.15) is 0 Å². The quantitative estimate of drug-likeness (QED) is 0.460. The normalized spacial score (nSPS) is 14.9. The van der Waals surface area contributed by atoms with Crippen molar-refractivity contribution < 1.29 is 49.2 Å². The van der Waals surface area contributed by atoms with Crippen LogP contribution in [0.2, 0.25) is 0 Å². The molecule has 4 heteroatoms. The summed E-state index contributed by atoms with van der Waals surface area (Å²) in [5, 5.41) is 9.52. The summed E-state index contributed by atoms with van der Waals surface area (Å²) in [5.74, 6) is 0. The van der Waals surface area contributed by atoms with E-state index in [2.05, 4.69) is 15.9 Å². The molecule has 1 N–H and O–H groups in total. The minimum atomic E-state index is 0. The Bertz CT molecular complexity index is 204. The van der Waals surface area contributed by atoms with Crippen LogP contribution in [0.3, 0.4) is 0 Å². The summed E-state index contributed by atoms with van der Waals surface area (Å²) in [4.78, 5) is 0. The summed E-state index contributed by atoms with van der Waals surface area (Å²) in [5.41, 5.74) is 2.36. The monoisotopic (exact) mass is 493 g/mol. The summed E-state index contributed by atoms with van der Waals surface area (Å²) in [6.45, 7) is 4.11. The predicted molar refractivity (Wildman–Crippen MR) is 62.7 cm³/mol. The van der Waals surface area contributed by atoms with E-state index < -0.39 is 0 Å². The molecule has 1 unspecified atom stereocenters.